The number of fused-ring (bicyclic) bond motifs is 5. The van der Waals surface area contributed by atoms with Gasteiger partial charge in [-0.15, -0.1) is 0 Å². The van der Waals surface area contributed by atoms with Crippen molar-refractivity contribution in [1.82, 2.24) is 15.0 Å². The highest BCUT2D eigenvalue weighted by Gasteiger charge is 2.47. The van der Waals surface area contributed by atoms with Crippen LogP contribution in [0.25, 0.3) is 56.1 Å². The molecule has 0 aliphatic heterocycles. The molecule has 4 heteroatoms. The molecule has 1 unspecified atom stereocenters. The fourth-order valence-electron chi connectivity index (χ4n) is 7.52. The largest absolute Gasteiger partial charge is 0.208 e. The average Bonchev–Trinajstić information content (AvgIpc) is 3.49. The van der Waals surface area contributed by atoms with E-state index in [0.29, 0.717) is 23.0 Å². The maximum Gasteiger partial charge on any atom is 0.164 e. The molecule has 0 radical (unpaired) electrons. The number of nitriles is 1. The van der Waals surface area contributed by atoms with Gasteiger partial charge in [-0.25, -0.2) is 15.0 Å². The molecule has 0 amide bonds. The van der Waals surface area contributed by atoms with Crippen molar-refractivity contribution in [2.24, 2.45) is 0 Å². The lowest BCUT2D eigenvalue weighted by Crippen LogP contribution is -2.28. The summed E-state index contributed by atoms with van der Waals surface area (Å²) in [4.78, 5) is 15.3. The second kappa shape index (κ2) is 11.5. The first-order valence-corrected chi connectivity index (χ1v) is 16.4. The van der Waals surface area contributed by atoms with Crippen LogP contribution < -0.4 is 0 Å². The van der Waals surface area contributed by atoms with E-state index in [0.717, 1.165) is 44.2 Å². The highest BCUT2D eigenvalue weighted by molar-refractivity contribution is 6.09. The Kier molecular flexibility index (Phi) is 6.71. The number of rotatable bonds is 5. The van der Waals surface area contributed by atoms with E-state index in [-0.39, 0.29) is 0 Å². The van der Waals surface area contributed by atoms with Crippen LogP contribution in [-0.4, -0.2) is 15.0 Å². The molecular formula is C45H28N4. The zero-order valence-corrected chi connectivity index (χ0v) is 26.5. The van der Waals surface area contributed by atoms with Crippen LogP contribution in [0.3, 0.4) is 0 Å². The summed E-state index contributed by atoms with van der Waals surface area (Å²) in [6.45, 7) is 0. The number of nitrogens with zero attached hydrogens (tertiary/aromatic N) is 4. The van der Waals surface area contributed by atoms with E-state index in [1.807, 2.05) is 72.8 Å². The van der Waals surface area contributed by atoms with Crippen molar-refractivity contribution in [3.8, 4) is 51.4 Å². The van der Waals surface area contributed by atoms with Crippen molar-refractivity contribution in [3.63, 3.8) is 0 Å². The van der Waals surface area contributed by atoms with Gasteiger partial charge in [-0.05, 0) is 62.4 Å². The molecule has 8 aromatic rings. The predicted octanol–water partition coefficient (Wildman–Crippen LogP) is 10.3. The smallest absolute Gasteiger partial charge is 0.164 e. The van der Waals surface area contributed by atoms with Gasteiger partial charge in [0.15, 0.2) is 17.5 Å². The maximum atomic E-state index is 9.71. The van der Waals surface area contributed by atoms with Crippen LogP contribution in [0.2, 0.25) is 0 Å². The average molecular weight is 625 g/mol. The molecule has 1 atom stereocenters. The summed E-state index contributed by atoms with van der Waals surface area (Å²) in [5.41, 5.74) is 9.76. The molecule has 4 nitrogen and oxygen atoms in total. The monoisotopic (exact) mass is 624 g/mol. The van der Waals surface area contributed by atoms with E-state index in [4.69, 9.17) is 15.0 Å². The number of benzene rings is 7. The van der Waals surface area contributed by atoms with Gasteiger partial charge in [-0.2, -0.15) is 5.26 Å². The van der Waals surface area contributed by atoms with Crippen molar-refractivity contribution in [3.05, 3.63) is 198 Å². The van der Waals surface area contributed by atoms with Crippen molar-refractivity contribution >= 4 is 10.8 Å². The first-order valence-electron chi connectivity index (χ1n) is 16.4. The summed E-state index contributed by atoms with van der Waals surface area (Å²) < 4.78 is 0. The van der Waals surface area contributed by atoms with Crippen LogP contribution in [0.5, 0.6) is 0 Å². The summed E-state index contributed by atoms with van der Waals surface area (Å²) in [6.07, 6.45) is 0. The van der Waals surface area contributed by atoms with E-state index in [1.54, 1.807) is 0 Å². The molecule has 1 aromatic heterocycles. The minimum atomic E-state index is -0.655. The van der Waals surface area contributed by atoms with Crippen LogP contribution in [0, 0.1) is 11.3 Å². The summed E-state index contributed by atoms with van der Waals surface area (Å²) in [5, 5.41) is 11.9. The molecule has 1 heterocycles. The Hall–Kier alpha value is -6.70. The Morgan fingerprint density at radius 2 is 0.939 bits per heavy atom. The Balaban J connectivity index is 1.41. The Bertz CT molecular complexity index is 2480. The number of hydrogen-bond donors (Lipinski definition) is 0. The molecule has 0 spiro atoms. The van der Waals surface area contributed by atoms with Crippen molar-refractivity contribution in [2.75, 3.05) is 0 Å². The van der Waals surface area contributed by atoms with Crippen LogP contribution in [0.1, 0.15) is 27.8 Å². The fourth-order valence-corrected chi connectivity index (χ4v) is 7.52. The van der Waals surface area contributed by atoms with Crippen molar-refractivity contribution in [1.29, 1.82) is 5.26 Å². The maximum absolute atomic E-state index is 9.71. The number of hydrogen-bond acceptors (Lipinski definition) is 4. The molecule has 1 aliphatic rings. The van der Waals surface area contributed by atoms with Gasteiger partial charge in [0.2, 0.25) is 0 Å². The van der Waals surface area contributed by atoms with Gasteiger partial charge < -0.3 is 0 Å². The van der Waals surface area contributed by atoms with Crippen LogP contribution in [0.15, 0.2) is 170 Å². The molecule has 0 N–H and O–H groups in total. The Morgan fingerprint density at radius 3 is 1.57 bits per heavy atom. The first kappa shape index (κ1) is 28.5. The first-order chi connectivity index (χ1) is 24.3. The Morgan fingerprint density at radius 1 is 0.429 bits per heavy atom. The predicted molar refractivity (Wildman–Crippen MR) is 196 cm³/mol. The van der Waals surface area contributed by atoms with Gasteiger partial charge in [0.1, 0.15) is 0 Å². The van der Waals surface area contributed by atoms with Crippen LogP contribution in [0.4, 0.5) is 0 Å². The lowest BCUT2D eigenvalue weighted by Gasteiger charge is -2.34. The molecule has 0 bridgehead atoms. The minimum Gasteiger partial charge on any atom is -0.208 e. The van der Waals surface area contributed by atoms with Gasteiger partial charge in [0, 0.05) is 16.7 Å². The quantitative estimate of drug-likeness (QED) is 0.191. The van der Waals surface area contributed by atoms with Gasteiger partial charge >= 0.3 is 0 Å². The van der Waals surface area contributed by atoms with Crippen molar-refractivity contribution < 1.29 is 0 Å². The minimum absolute atomic E-state index is 0.615. The van der Waals surface area contributed by atoms with E-state index >= 15 is 0 Å². The zero-order valence-electron chi connectivity index (χ0n) is 26.5. The van der Waals surface area contributed by atoms with Gasteiger partial charge in [-0.1, -0.05) is 152 Å². The molecule has 228 valence electrons. The molecule has 49 heavy (non-hydrogen) atoms. The molecule has 0 fully saturated rings. The van der Waals surface area contributed by atoms with Crippen LogP contribution in [-0.2, 0) is 5.41 Å². The van der Waals surface area contributed by atoms with Gasteiger partial charge in [0.05, 0.1) is 17.0 Å². The van der Waals surface area contributed by atoms with Crippen molar-refractivity contribution in [2.45, 2.75) is 5.41 Å². The topological polar surface area (TPSA) is 62.5 Å². The molecule has 1 aliphatic carbocycles. The summed E-state index contributed by atoms with van der Waals surface area (Å²) in [7, 11) is 0. The zero-order chi connectivity index (χ0) is 32.8. The van der Waals surface area contributed by atoms with E-state index in [1.165, 1.54) is 16.7 Å². The third-order valence-electron chi connectivity index (χ3n) is 9.64. The standard InChI is InChI=1S/C45H28N4/c46-29-30-24-26-34(27-25-30)45(33-18-8-3-9-19-33)39-23-13-12-22-37(39)41-36-21-11-10-20-35(36)38(28-40(41)45)44-48-42(31-14-4-1-5-15-31)47-43(49-44)32-16-6-2-7-17-32/h1-28H. The normalized spacial score (nSPS) is 14.6. The SMILES string of the molecule is N#Cc1ccc(C2(c3ccccc3)c3ccccc3-c3c2cc(-c2nc(-c4ccccc4)nc(-c4ccccc4)n2)c2ccccc32)cc1. The van der Waals surface area contributed by atoms with E-state index < -0.39 is 5.41 Å². The summed E-state index contributed by atoms with van der Waals surface area (Å²) in [6, 6.07) is 60.9. The van der Waals surface area contributed by atoms with E-state index in [2.05, 4.69) is 103 Å². The molecule has 7 aromatic carbocycles. The highest BCUT2D eigenvalue weighted by Crippen LogP contribution is 2.58. The second-order valence-corrected chi connectivity index (χ2v) is 12.3. The van der Waals surface area contributed by atoms with Gasteiger partial charge in [0.25, 0.3) is 0 Å². The number of aromatic nitrogens is 3. The summed E-state index contributed by atoms with van der Waals surface area (Å²) >= 11 is 0. The lowest BCUT2D eigenvalue weighted by atomic mass is 9.67. The van der Waals surface area contributed by atoms with Gasteiger partial charge in [-0.3, -0.25) is 0 Å². The summed E-state index contributed by atoms with van der Waals surface area (Å²) in [5.74, 6) is 1.86. The molecule has 0 saturated carbocycles. The third kappa shape index (κ3) is 4.48. The molecule has 9 rings (SSSR count). The molecule has 0 saturated heterocycles. The fraction of sp³-hybridized carbons (Fsp3) is 0.0222. The third-order valence-corrected chi connectivity index (χ3v) is 9.64. The lowest BCUT2D eigenvalue weighted by molar-refractivity contribution is 0.769. The van der Waals surface area contributed by atoms with Crippen LogP contribution >= 0.6 is 0 Å². The highest BCUT2D eigenvalue weighted by atomic mass is 15.0. The van der Waals surface area contributed by atoms with E-state index in [9.17, 15) is 5.26 Å². The Labute approximate surface area is 284 Å². The molecular weight excluding hydrogens is 597 g/mol. The second-order valence-electron chi connectivity index (χ2n) is 12.3.